The predicted molar refractivity (Wildman–Crippen MR) is 70.1 cm³/mol. The molecule has 7 heteroatoms. The number of ether oxygens (including phenoxy) is 1. The molecule has 1 fully saturated rings. The number of carbonyl (C=O) groups excluding carboxylic acids is 1. The van der Waals surface area contributed by atoms with Crippen LogP contribution >= 0.6 is 0 Å². The highest BCUT2D eigenvalue weighted by Gasteiger charge is 2.29. The van der Waals surface area contributed by atoms with Gasteiger partial charge in [0.2, 0.25) is 0 Å². The number of carbonyl (C=O) groups is 2. The lowest BCUT2D eigenvalue weighted by atomic mass is 10.1. The molecule has 0 bridgehead atoms. The Labute approximate surface area is 113 Å². The quantitative estimate of drug-likeness (QED) is 0.649. The van der Waals surface area contributed by atoms with Crippen LogP contribution < -0.4 is 10.6 Å². The van der Waals surface area contributed by atoms with E-state index >= 15 is 0 Å². The van der Waals surface area contributed by atoms with Crippen molar-refractivity contribution in [3.8, 4) is 0 Å². The van der Waals surface area contributed by atoms with Crippen molar-refractivity contribution in [2.75, 3.05) is 32.8 Å². The molecule has 0 aromatic carbocycles. The Kier molecular flexibility index (Phi) is 5.56. The second-order valence-corrected chi connectivity index (χ2v) is 5.15. The fraction of sp³-hybridized carbons (Fsp3) is 0.833. The fourth-order valence-corrected chi connectivity index (χ4v) is 1.78. The Morgan fingerprint density at radius 3 is 2.74 bits per heavy atom. The zero-order valence-electron chi connectivity index (χ0n) is 11.7. The van der Waals surface area contributed by atoms with Gasteiger partial charge in [-0.1, -0.05) is 6.92 Å². The minimum absolute atomic E-state index is 0.0487. The van der Waals surface area contributed by atoms with E-state index in [0.717, 1.165) is 19.6 Å². The molecular weight excluding hydrogens is 250 g/mol. The maximum absolute atomic E-state index is 11.6. The van der Waals surface area contributed by atoms with Gasteiger partial charge in [0.05, 0.1) is 12.7 Å². The van der Waals surface area contributed by atoms with Gasteiger partial charge in [-0.2, -0.15) is 0 Å². The van der Waals surface area contributed by atoms with Crippen LogP contribution in [0.5, 0.6) is 0 Å². The molecule has 0 radical (unpaired) electrons. The highest BCUT2D eigenvalue weighted by atomic mass is 16.5. The monoisotopic (exact) mass is 273 g/mol. The first-order valence-corrected chi connectivity index (χ1v) is 6.48. The summed E-state index contributed by atoms with van der Waals surface area (Å²) in [5.74, 6) is -1.08. The van der Waals surface area contributed by atoms with E-state index in [9.17, 15) is 9.59 Å². The Balaban J connectivity index is 2.32. The molecule has 0 aliphatic carbocycles. The van der Waals surface area contributed by atoms with Crippen molar-refractivity contribution in [3.63, 3.8) is 0 Å². The molecule has 1 saturated heterocycles. The standard InChI is InChI=1S/C12H23N3O4/c1-4-15-5-6-19-9(8-15)7-13-11(18)14-12(2,3)10(16)17/h9H,4-8H2,1-3H3,(H,16,17)(H2,13,14,18). The largest absolute Gasteiger partial charge is 0.480 e. The molecule has 3 N–H and O–H groups in total. The van der Waals surface area contributed by atoms with Crippen molar-refractivity contribution in [2.45, 2.75) is 32.4 Å². The summed E-state index contributed by atoms with van der Waals surface area (Å²) >= 11 is 0. The molecule has 110 valence electrons. The van der Waals surface area contributed by atoms with Crippen LogP contribution in [0.15, 0.2) is 0 Å². The molecule has 7 nitrogen and oxygen atoms in total. The van der Waals surface area contributed by atoms with Crippen LogP contribution in [0.3, 0.4) is 0 Å². The van der Waals surface area contributed by atoms with E-state index in [4.69, 9.17) is 9.84 Å². The van der Waals surface area contributed by atoms with Crippen LogP contribution in [0.4, 0.5) is 4.79 Å². The van der Waals surface area contributed by atoms with Gasteiger partial charge >= 0.3 is 12.0 Å². The number of urea groups is 1. The number of carboxylic acids is 1. The smallest absolute Gasteiger partial charge is 0.328 e. The predicted octanol–water partition coefficient (Wildman–Crippen LogP) is -0.130. The highest BCUT2D eigenvalue weighted by Crippen LogP contribution is 2.04. The summed E-state index contributed by atoms with van der Waals surface area (Å²) < 4.78 is 5.54. The minimum Gasteiger partial charge on any atom is -0.480 e. The van der Waals surface area contributed by atoms with Crippen LogP contribution in [0.2, 0.25) is 0 Å². The van der Waals surface area contributed by atoms with Crippen LogP contribution in [0.1, 0.15) is 20.8 Å². The zero-order valence-corrected chi connectivity index (χ0v) is 11.7. The lowest BCUT2D eigenvalue weighted by molar-refractivity contribution is -0.142. The summed E-state index contributed by atoms with van der Waals surface area (Å²) in [6.45, 7) is 8.62. The lowest BCUT2D eigenvalue weighted by Gasteiger charge is -2.32. The maximum Gasteiger partial charge on any atom is 0.328 e. The van der Waals surface area contributed by atoms with E-state index in [0.29, 0.717) is 13.2 Å². The van der Waals surface area contributed by atoms with Crippen molar-refractivity contribution >= 4 is 12.0 Å². The van der Waals surface area contributed by atoms with Gasteiger partial charge in [-0.15, -0.1) is 0 Å². The zero-order chi connectivity index (χ0) is 14.5. The van der Waals surface area contributed by atoms with E-state index in [-0.39, 0.29) is 6.10 Å². The molecule has 0 aromatic heterocycles. The lowest BCUT2D eigenvalue weighted by Crippen LogP contribution is -2.55. The number of nitrogens with one attached hydrogen (secondary N) is 2. The van der Waals surface area contributed by atoms with Crippen molar-refractivity contribution in [1.29, 1.82) is 0 Å². The summed E-state index contributed by atoms with van der Waals surface area (Å²) in [7, 11) is 0. The molecule has 2 amide bonds. The van der Waals surface area contributed by atoms with Crippen molar-refractivity contribution in [1.82, 2.24) is 15.5 Å². The van der Waals surface area contributed by atoms with Crippen LogP contribution in [0.25, 0.3) is 0 Å². The van der Waals surface area contributed by atoms with Gasteiger partial charge in [0.15, 0.2) is 0 Å². The van der Waals surface area contributed by atoms with Crippen molar-refractivity contribution in [3.05, 3.63) is 0 Å². The summed E-state index contributed by atoms with van der Waals surface area (Å²) in [4.78, 5) is 24.7. The summed E-state index contributed by atoms with van der Waals surface area (Å²) in [5.41, 5.74) is -1.28. The maximum atomic E-state index is 11.6. The van der Waals surface area contributed by atoms with E-state index < -0.39 is 17.5 Å². The topological polar surface area (TPSA) is 90.9 Å². The summed E-state index contributed by atoms with van der Waals surface area (Å²) in [6.07, 6.45) is -0.0487. The second kappa shape index (κ2) is 6.72. The number of likely N-dealkylation sites (N-methyl/N-ethyl adjacent to an activating group) is 1. The van der Waals surface area contributed by atoms with E-state index in [2.05, 4.69) is 22.5 Å². The Morgan fingerprint density at radius 2 is 2.16 bits per heavy atom. The van der Waals surface area contributed by atoms with Gasteiger partial charge in [-0.05, 0) is 20.4 Å². The molecule has 0 spiro atoms. The highest BCUT2D eigenvalue weighted by molar-refractivity contribution is 5.85. The van der Waals surface area contributed by atoms with E-state index in [1.165, 1.54) is 13.8 Å². The third-order valence-electron chi connectivity index (χ3n) is 3.12. The summed E-state index contributed by atoms with van der Waals surface area (Å²) in [5, 5.41) is 13.9. The van der Waals surface area contributed by atoms with Gasteiger partial charge in [-0.3, -0.25) is 4.90 Å². The number of amides is 2. The average Bonchev–Trinajstić information content (AvgIpc) is 2.36. The first kappa shape index (κ1) is 15.7. The number of nitrogens with zero attached hydrogens (tertiary/aromatic N) is 1. The molecule has 0 saturated carbocycles. The molecule has 1 unspecified atom stereocenters. The van der Waals surface area contributed by atoms with Gasteiger partial charge in [0, 0.05) is 19.6 Å². The molecule has 1 aliphatic rings. The number of hydrogen-bond acceptors (Lipinski definition) is 4. The molecule has 1 heterocycles. The number of hydrogen-bond donors (Lipinski definition) is 3. The van der Waals surface area contributed by atoms with Gasteiger partial charge in [0.1, 0.15) is 5.54 Å². The minimum atomic E-state index is -1.28. The van der Waals surface area contributed by atoms with Crippen molar-refractivity contribution < 1.29 is 19.4 Å². The first-order chi connectivity index (χ1) is 8.85. The Bertz CT molecular complexity index is 333. The molecule has 1 atom stereocenters. The fourth-order valence-electron chi connectivity index (χ4n) is 1.78. The van der Waals surface area contributed by atoms with Crippen molar-refractivity contribution in [2.24, 2.45) is 0 Å². The van der Waals surface area contributed by atoms with Crippen LogP contribution in [-0.4, -0.2) is 66.4 Å². The average molecular weight is 273 g/mol. The van der Waals surface area contributed by atoms with Gasteiger partial charge < -0.3 is 20.5 Å². The number of rotatable bonds is 5. The Morgan fingerprint density at radius 1 is 1.47 bits per heavy atom. The third-order valence-corrected chi connectivity index (χ3v) is 3.12. The molecule has 1 aliphatic heterocycles. The van der Waals surface area contributed by atoms with Gasteiger partial charge in [-0.25, -0.2) is 9.59 Å². The number of aliphatic carboxylic acids is 1. The first-order valence-electron chi connectivity index (χ1n) is 6.48. The van der Waals surface area contributed by atoms with E-state index in [1.807, 2.05) is 0 Å². The molecular formula is C12H23N3O4. The summed E-state index contributed by atoms with van der Waals surface area (Å²) in [6, 6.07) is -0.496. The molecule has 0 aromatic rings. The van der Waals surface area contributed by atoms with Gasteiger partial charge in [0.25, 0.3) is 0 Å². The number of morpholine rings is 1. The third kappa shape index (κ3) is 5.04. The Hall–Kier alpha value is -1.34. The SMILES string of the molecule is CCN1CCOC(CNC(=O)NC(C)(C)C(=O)O)C1. The molecule has 19 heavy (non-hydrogen) atoms. The molecule has 1 rings (SSSR count). The van der Waals surface area contributed by atoms with E-state index in [1.54, 1.807) is 0 Å². The number of carboxylic acid groups (broad SMARTS) is 1. The van der Waals surface area contributed by atoms with Crippen LogP contribution in [-0.2, 0) is 9.53 Å². The normalized spacial score (nSPS) is 20.9. The second-order valence-electron chi connectivity index (χ2n) is 5.15. The van der Waals surface area contributed by atoms with Crippen LogP contribution in [0, 0.1) is 0 Å².